The SMILES string of the molecule is O=C(/C=C\c1ccc(O)c(O)c1)O[C@]1(O)CC(O)(C(=O)O)C[C@H](O)C1O. The normalized spacial score (nSPS) is 31.7. The van der Waals surface area contributed by atoms with Crippen LogP contribution >= 0.6 is 0 Å². The first kappa shape index (κ1) is 19.7. The number of carboxylic acid groups (broad SMARTS) is 1. The van der Waals surface area contributed by atoms with Crippen LogP contribution in [0.3, 0.4) is 0 Å². The Hall–Kier alpha value is -2.66. The van der Waals surface area contributed by atoms with Crippen molar-refractivity contribution in [3.05, 3.63) is 29.8 Å². The molecule has 26 heavy (non-hydrogen) atoms. The predicted octanol–water partition coefficient (Wildman–Crippen LogP) is -1.33. The second kappa shape index (κ2) is 6.92. The number of aliphatic carboxylic acids is 1. The van der Waals surface area contributed by atoms with Crippen LogP contribution in [0.2, 0.25) is 0 Å². The van der Waals surface area contributed by atoms with Gasteiger partial charge in [-0.2, -0.15) is 0 Å². The average Bonchev–Trinajstić information content (AvgIpc) is 2.53. The van der Waals surface area contributed by atoms with Crippen LogP contribution in [-0.4, -0.2) is 71.3 Å². The number of phenolic OH excluding ortho intramolecular Hbond substituents is 2. The average molecular weight is 370 g/mol. The van der Waals surface area contributed by atoms with Gasteiger partial charge < -0.3 is 40.5 Å². The number of carbonyl (C=O) groups excluding carboxylic acids is 1. The first-order valence-corrected chi connectivity index (χ1v) is 7.44. The molecule has 1 fully saturated rings. The Morgan fingerprint density at radius 3 is 2.38 bits per heavy atom. The summed E-state index contributed by atoms with van der Waals surface area (Å²) in [6.07, 6.45) is -3.73. The van der Waals surface area contributed by atoms with Crippen molar-refractivity contribution in [3.8, 4) is 11.5 Å². The van der Waals surface area contributed by atoms with E-state index in [1.165, 1.54) is 12.1 Å². The minimum absolute atomic E-state index is 0.288. The number of esters is 1. The van der Waals surface area contributed by atoms with Crippen molar-refractivity contribution in [3.63, 3.8) is 0 Å². The highest BCUT2D eigenvalue weighted by molar-refractivity contribution is 5.87. The molecule has 1 aromatic carbocycles. The third kappa shape index (κ3) is 3.94. The van der Waals surface area contributed by atoms with Crippen LogP contribution in [0.25, 0.3) is 6.08 Å². The molecule has 0 saturated heterocycles. The van der Waals surface area contributed by atoms with Gasteiger partial charge in [0.1, 0.15) is 6.10 Å². The van der Waals surface area contributed by atoms with Crippen LogP contribution in [0.15, 0.2) is 24.3 Å². The number of phenols is 2. The Bertz CT molecular complexity index is 745. The zero-order valence-electron chi connectivity index (χ0n) is 13.3. The van der Waals surface area contributed by atoms with E-state index in [2.05, 4.69) is 4.74 Å². The summed E-state index contributed by atoms with van der Waals surface area (Å²) in [6.45, 7) is 0. The number of aliphatic hydroxyl groups excluding tert-OH is 2. The summed E-state index contributed by atoms with van der Waals surface area (Å²) in [4.78, 5) is 23.0. The van der Waals surface area contributed by atoms with Crippen molar-refractivity contribution < 1.29 is 50.1 Å². The van der Waals surface area contributed by atoms with Gasteiger partial charge in [-0.05, 0) is 23.8 Å². The van der Waals surface area contributed by atoms with E-state index in [1.54, 1.807) is 0 Å². The van der Waals surface area contributed by atoms with E-state index in [4.69, 9.17) is 5.11 Å². The van der Waals surface area contributed by atoms with E-state index in [-0.39, 0.29) is 11.3 Å². The molecule has 1 aliphatic rings. The van der Waals surface area contributed by atoms with Gasteiger partial charge in [0.15, 0.2) is 17.1 Å². The van der Waals surface area contributed by atoms with Crippen molar-refractivity contribution in [2.45, 2.75) is 36.4 Å². The van der Waals surface area contributed by atoms with Gasteiger partial charge in [-0.15, -0.1) is 0 Å². The predicted molar refractivity (Wildman–Crippen MR) is 83.7 cm³/mol. The fraction of sp³-hybridized carbons (Fsp3) is 0.375. The fourth-order valence-corrected chi connectivity index (χ4v) is 2.63. The van der Waals surface area contributed by atoms with E-state index in [9.17, 15) is 40.2 Å². The molecule has 1 aliphatic carbocycles. The maximum Gasteiger partial charge on any atom is 0.336 e. The molecule has 10 heteroatoms. The van der Waals surface area contributed by atoms with Gasteiger partial charge in [0.25, 0.3) is 0 Å². The van der Waals surface area contributed by atoms with Gasteiger partial charge in [0, 0.05) is 12.5 Å². The van der Waals surface area contributed by atoms with Gasteiger partial charge >= 0.3 is 11.9 Å². The van der Waals surface area contributed by atoms with E-state index in [1.807, 2.05) is 0 Å². The molecule has 10 nitrogen and oxygen atoms in total. The number of hydrogen-bond donors (Lipinski definition) is 7. The van der Waals surface area contributed by atoms with Crippen LogP contribution in [0.4, 0.5) is 0 Å². The van der Waals surface area contributed by atoms with E-state index in [0.717, 1.165) is 18.2 Å². The molecule has 0 radical (unpaired) electrons. The highest BCUT2D eigenvalue weighted by Crippen LogP contribution is 2.37. The highest BCUT2D eigenvalue weighted by atomic mass is 16.7. The van der Waals surface area contributed by atoms with Crippen LogP contribution in [0.1, 0.15) is 18.4 Å². The Balaban J connectivity index is 2.15. The molecule has 0 bridgehead atoms. The summed E-state index contributed by atoms with van der Waals surface area (Å²) in [5, 5.41) is 67.3. The molecule has 4 atom stereocenters. The van der Waals surface area contributed by atoms with E-state index in [0.29, 0.717) is 0 Å². The summed E-state index contributed by atoms with van der Waals surface area (Å²) >= 11 is 0. The third-order valence-electron chi connectivity index (χ3n) is 4.01. The first-order valence-electron chi connectivity index (χ1n) is 7.44. The van der Waals surface area contributed by atoms with Crippen molar-refractivity contribution in [2.24, 2.45) is 0 Å². The van der Waals surface area contributed by atoms with Crippen molar-refractivity contribution in [1.82, 2.24) is 0 Å². The van der Waals surface area contributed by atoms with Crippen LogP contribution in [0.5, 0.6) is 11.5 Å². The quantitative estimate of drug-likeness (QED) is 0.145. The summed E-state index contributed by atoms with van der Waals surface area (Å²) in [6, 6.07) is 3.66. The number of aromatic hydroxyl groups is 2. The number of carboxylic acids is 1. The lowest BCUT2D eigenvalue weighted by molar-refractivity contribution is -0.300. The van der Waals surface area contributed by atoms with Crippen LogP contribution in [-0.2, 0) is 14.3 Å². The standard InChI is InChI=1S/C16H18O10/c17-9-3-1-8(5-10(9)18)2-4-12(20)26-16(25)7-15(24,14(22)23)6-11(19)13(16)21/h1-5,11,13,17-19,21,24-25H,6-7H2,(H,22,23)/b4-2-/t11-,13?,15?,16+/m0/s1. The number of hydrogen-bond acceptors (Lipinski definition) is 9. The summed E-state index contributed by atoms with van der Waals surface area (Å²) in [5.74, 6) is -6.60. The van der Waals surface area contributed by atoms with Crippen molar-refractivity contribution in [2.75, 3.05) is 0 Å². The molecule has 0 aliphatic heterocycles. The molecule has 1 aromatic rings. The molecule has 7 N–H and O–H groups in total. The number of ether oxygens (including phenoxy) is 1. The zero-order valence-corrected chi connectivity index (χ0v) is 13.3. The molecule has 2 unspecified atom stereocenters. The second-order valence-corrected chi connectivity index (χ2v) is 6.08. The molecule has 0 amide bonds. The van der Waals surface area contributed by atoms with Crippen molar-refractivity contribution >= 4 is 18.0 Å². The topological polar surface area (TPSA) is 185 Å². The summed E-state index contributed by atoms with van der Waals surface area (Å²) in [5.41, 5.74) is -2.31. The molecule has 2 rings (SSSR count). The van der Waals surface area contributed by atoms with Gasteiger partial charge in [-0.25, -0.2) is 9.59 Å². The van der Waals surface area contributed by atoms with E-state index >= 15 is 0 Å². The van der Waals surface area contributed by atoms with Gasteiger partial charge in [0.05, 0.1) is 12.5 Å². The van der Waals surface area contributed by atoms with Crippen molar-refractivity contribution in [1.29, 1.82) is 0 Å². The maximum atomic E-state index is 11.9. The highest BCUT2D eigenvalue weighted by Gasteiger charge is 2.58. The molecule has 142 valence electrons. The summed E-state index contributed by atoms with van der Waals surface area (Å²) in [7, 11) is 0. The lowest BCUT2D eigenvalue weighted by Crippen LogP contribution is -2.64. The van der Waals surface area contributed by atoms with Gasteiger partial charge in [-0.3, -0.25) is 0 Å². The maximum absolute atomic E-state index is 11.9. The fourth-order valence-electron chi connectivity index (χ4n) is 2.63. The Morgan fingerprint density at radius 2 is 1.81 bits per heavy atom. The minimum atomic E-state index is -2.83. The monoisotopic (exact) mass is 370 g/mol. The lowest BCUT2D eigenvalue weighted by atomic mass is 9.77. The molecular weight excluding hydrogens is 352 g/mol. The molecule has 0 heterocycles. The smallest absolute Gasteiger partial charge is 0.336 e. The minimum Gasteiger partial charge on any atom is -0.504 e. The first-order chi connectivity index (χ1) is 12.0. The zero-order chi connectivity index (χ0) is 19.7. The Labute approximate surface area is 146 Å². The number of carbonyl (C=O) groups is 2. The molecular formula is C16H18O10. The van der Waals surface area contributed by atoms with E-state index < -0.39 is 54.1 Å². The van der Waals surface area contributed by atoms with Crippen LogP contribution in [0, 0.1) is 0 Å². The molecule has 0 aromatic heterocycles. The second-order valence-electron chi connectivity index (χ2n) is 6.08. The number of benzene rings is 1. The number of aliphatic hydroxyl groups is 4. The lowest BCUT2D eigenvalue weighted by Gasteiger charge is -2.44. The summed E-state index contributed by atoms with van der Waals surface area (Å²) < 4.78 is 4.67. The third-order valence-corrected chi connectivity index (χ3v) is 4.01. The molecule has 0 spiro atoms. The van der Waals surface area contributed by atoms with Crippen LogP contribution < -0.4 is 0 Å². The van der Waals surface area contributed by atoms with Gasteiger partial charge in [0.2, 0.25) is 5.79 Å². The largest absolute Gasteiger partial charge is 0.504 e. The number of rotatable bonds is 4. The van der Waals surface area contributed by atoms with Gasteiger partial charge in [-0.1, -0.05) is 6.07 Å². The molecule has 1 saturated carbocycles. The Morgan fingerprint density at radius 1 is 1.15 bits per heavy atom. The Kier molecular flexibility index (Phi) is 5.23.